The Kier molecular flexibility index (Phi) is 4.38. The van der Waals surface area contributed by atoms with Gasteiger partial charge in [0.15, 0.2) is 5.82 Å². The van der Waals surface area contributed by atoms with Gasteiger partial charge in [-0.2, -0.15) is 5.10 Å². The lowest BCUT2D eigenvalue weighted by Gasteiger charge is -2.11. The number of para-hydroxylation sites is 2. The summed E-state index contributed by atoms with van der Waals surface area (Å²) < 4.78 is 7.00. The van der Waals surface area contributed by atoms with Gasteiger partial charge in [0.25, 0.3) is 0 Å². The zero-order valence-electron chi connectivity index (χ0n) is 21.7. The van der Waals surface area contributed by atoms with Gasteiger partial charge in [-0.3, -0.25) is 0 Å². The van der Waals surface area contributed by atoms with Crippen molar-refractivity contribution >= 4 is 69.7 Å². The maximum Gasteiger partial charge on any atom is 0.161 e. The van der Waals surface area contributed by atoms with Crippen LogP contribution in [0.2, 0.25) is 0 Å². The molecule has 0 spiro atoms. The van der Waals surface area contributed by atoms with Crippen LogP contribution >= 0.6 is 11.3 Å². The van der Waals surface area contributed by atoms with Crippen molar-refractivity contribution in [3.63, 3.8) is 0 Å². The molecule has 188 valence electrons. The number of rotatable bonds is 2. The monoisotopic (exact) mass is 530 g/mol. The molecule has 4 heterocycles. The number of aromatic nitrogens is 4. The summed E-state index contributed by atoms with van der Waals surface area (Å²) >= 11 is 1.86. The molecule has 0 aliphatic rings. The molecule has 9 rings (SSSR count). The molecule has 0 radical (unpaired) electrons. The quantitative estimate of drug-likeness (QED) is 0.223. The number of hydrogen-bond acceptors (Lipinski definition) is 3. The third-order valence-corrected chi connectivity index (χ3v) is 9.13. The van der Waals surface area contributed by atoms with Crippen LogP contribution in [0.25, 0.3) is 75.5 Å². The highest BCUT2D eigenvalue weighted by atomic mass is 32.1. The van der Waals surface area contributed by atoms with Crippen molar-refractivity contribution in [2.45, 2.75) is 6.92 Å². The first-order chi connectivity index (χ1) is 19.7. The normalized spacial score (nSPS) is 12.1. The summed E-state index contributed by atoms with van der Waals surface area (Å²) in [6, 6.07) is 41.3. The number of benzene rings is 5. The lowest BCUT2D eigenvalue weighted by Crippen LogP contribution is -2.00. The Hall–Kier alpha value is -5.00. The van der Waals surface area contributed by atoms with Crippen LogP contribution in [0.15, 0.2) is 115 Å². The summed E-state index contributed by atoms with van der Waals surface area (Å²) in [5, 5.41) is 11.1. The van der Waals surface area contributed by atoms with Gasteiger partial charge in [-0.05, 0) is 67.6 Å². The molecular weight excluding hydrogens is 508 g/mol. The summed E-state index contributed by atoms with van der Waals surface area (Å²) in [4.78, 5) is 5.03. The Bertz CT molecular complexity index is 2440. The van der Waals surface area contributed by atoms with E-state index in [1.165, 1.54) is 42.0 Å². The summed E-state index contributed by atoms with van der Waals surface area (Å²) in [6.07, 6.45) is 0. The average molecular weight is 531 g/mol. The van der Waals surface area contributed by atoms with Gasteiger partial charge >= 0.3 is 0 Å². The average Bonchev–Trinajstić information content (AvgIpc) is 3.66. The third kappa shape index (κ3) is 3.01. The van der Waals surface area contributed by atoms with Crippen LogP contribution in [0.1, 0.15) is 5.69 Å². The van der Waals surface area contributed by atoms with E-state index in [-0.39, 0.29) is 0 Å². The molecule has 0 fully saturated rings. The van der Waals surface area contributed by atoms with Crippen molar-refractivity contribution in [1.82, 2.24) is 19.2 Å². The molecule has 40 heavy (non-hydrogen) atoms. The van der Waals surface area contributed by atoms with Crippen LogP contribution < -0.4 is 0 Å². The Morgan fingerprint density at radius 3 is 2.20 bits per heavy atom. The third-order valence-electron chi connectivity index (χ3n) is 7.99. The fraction of sp³-hybridized carbons (Fsp3) is 0.0286. The van der Waals surface area contributed by atoms with Gasteiger partial charge < -0.3 is 4.57 Å². The first-order valence-corrected chi connectivity index (χ1v) is 14.2. The zero-order chi connectivity index (χ0) is 26.4. The predicted octanol–water partition coefficient (Wildman–Crippen LogP) is 9.32. The van der Waals surface area contributed by atoms with Crippen molar-refractivity contribution in [3.05, 3.63) is 121 Å². The van der Waals surface area contributed by atoms with Crippen LogP contribution in [0.5, 0.6) is 0 Å². The summed E-state index contributed by atoms with van der Waals surface area (Å²) in [7, 11) is 0. The Morgan fingerprint density at radius 1 is 0.575 bits per heavy atom. The van der Waals surface area contributed by atoms with E-state index in [0.29, 0.717) is 0 Å². The van der Waals surface area contributed by atoms with Gasteiger partial charge in [0.1, 0.15) is 0 Å². The van der Waals surface area contributed by atoms with E-state index < -0.39 is 0 Å². The standard InChI is InChI=1S/C35H22N4S/c1-21-18-32-26-10-2-5-11-29(26)36-35(39(32)37-21)22-14-16-23(17-15-22)38-30-12-6-3-8-24(30)27-19-28-25-9-4-7-13-33(25)40-34(28)20-31(27)38/h2-20H,1H3. The van der Waals surface area contributed by atoms with E-state index in [9.17, 15) is 0 Å². The Morgan fingerprint density at radius 2 is 1.32 bits per heavy atom. The van der Waals surface area contributed by atoms with Gasteiger partial charge in [0.2, 0.25) is 0 Å². The second-order valence-electron chi connectivity index (χ2n) is 10.4. The lowest BCUT2D eigenvalue weighted by molar-refractivity contribution is 0.921. The van der Waals surface area contributed by atoms with Crippen molar-refractivity contribution < 1.29 is 0 Å². The van der Waals surface area contributed by atoms with Crippen molar-refractivity contribution in [2.24, 2.45) is 0 Å². The molecule has 5 heteroatoms. The van der Waals surface area contributed by atoms with E-state index in [4.69, 9.17) is 10.1 Å². The minimum Gasteiger partial charge on any atom is -0.309 e. The predicted molar refractivity (Wildman–Crippen MR) is 168 cm³/mol. The number of hydrogen-bond donors (Lipinski definition) is 0. The highest BCUT2D eigenvalue weighted by Gasteiger charge is 2.17. The molecule has 5 aromatic carbocycles. The second kappa shape index (κ2) is 8.01. The molecule has 0 aliphatic carbocycles. The van der Waals surface area contributed by atoms with Crippen LogP contribution in [-0.4, -0.2) is 19.2 Å². The maximum absolute atomic E-state index is 5.03. The van der Waals surface area contributed by atoms with E-state index in [2.05, 4.69) is 114 Å². The maximum atomic E-state index is 5.03. The molecule has 0 unspecified atom stereocenters. The van der Waals surface area contributed by atoms with Crippen molar-refractivity contribution in [2.75, 3.05) is 0 Å². The number of thiophene rings is 1. The summed E-state index contributed by atoms with van der Waals surface area (Å²) in [5.74, 6) is 0.850. The molecule has 4 nitrogen and oxygen atoms in total. The molecule has 4 aromatic heterocycles. The van der Waals surface area contributed by atoms with Gasteiger partial charge in [-0.1, -0.05) is 54.6 Å². The zero-order valence-corrected chi connectivity index (χ0v) is 22.5. The first kappa shape index (κ1) is 21.9. The second-order valence-corrected chi connectivity index (χ2v) is 11.5. The largest absolute Gasteiger partial charge is 0.309 e. The molecule has 0 aliphatic heterocycles. The topological polar surface area (TPSA) is 35.1 Å². The van der Waals surface area contributed by atoms with Crippen molar-refractivity contribution in [1.29, 1.82) is 0 Å². The fourth-order valence-corrected chi connectivity index (χ4v) is 7.33. The Labute approximate surface area is 233 Å². The van der Waals surface area contributed by atoms with Gasteiger partial charge in [0.05, 0.1) is 27.8 Å². The highest BCUT2D eigenvalue weighted by molar-refractivity contribution is 7.25. The van der Waals surface area contributed by atoms with E-state index >= 15 is 0 Å². The van der Waals surface area contributed by atoms with Crippen LogP contribution in [-0.2, 0) is 0 Å². The smallest absolute Gasteiger partial charge is 0.161 e. The van der Waals surface area contributed by atoms with Crippen LogP contribution in [0.4, 0.5) is 0 Å². The molecule has 0 bridgehead atoms. The van der Waals surface area contributed by atoms with E-state index in [1.54, 1.807) is 0 Å². The molecule has 0 atom stereocenters. The number of nitrogens with zero attached hydrogens (tertiary/aromatic N) is 4. The molecular formula is C35H22N4S. The summed E-state index contributed by atoms with van der Waals surface area (Å²) in [6.45, 7) is 2.03. The molecule has 0 saturated carbocycles. The molecule has 0 amide bonds. The first-order valence-electron chi connectivity index (χ1n) is 13.4. The molecule has 9 aromatic rings. The number of fused-ring (bicyclic) bond motifs is 9. The van der Waals surface area contributed by atoms with E-state index in [1.807, 2.05) is 28.8 Å². The van der Waals surface area contributed by atoms with Crippen molar-refractivity contribution in [3.8, 4) is 17.1 Å². The minimum absolute atomic E-state index is 0.850. The summed E-state index contributed by atoms with van der Waals surface area (Å²) in [5.41, 5.74) is 7.64. The van der Waals surface area contributed by atoms with Gasteiger partial charge in [0, 0.05) is 47.6 Å². The van der Waals surface area contributed by atoms with Gasteiger partial charge in [-0.25, -0.2) is 9.50 Å². The SMILES string of the molecule is Cc1cc2c3ccccc3nc(-c3ccc(-n4c5ccccc5c5cc6c(cc54)sc4ccccc46)cc3)n2n1. The highest BCUT2D eigenvalue weighted by Crippen LogP contribution is 2.40. The fourth-order valence-electron chi connectivity index (χ4n) is 6.21. The number of aryl methyl sites for hydroxylation is 1. The minimum atomic E-state index is 0.850. The Balaban J connectivity index is 1.27. The van der Waals surface area contributed by atoms with Crippen LogP contribution in [0, 0.1) is 6.92 Å². The van der Waals surface area contributed by atoms with Gasteiger partial charge in [-0.15, -0.1) is 11.3 Å². The molecule has 0 saturated heterocycles. The molecule has 0 N–H and O–H groups in total. The van der Waals surface area contributed by atoms with E-state index in [0.717, 1.165) is 39.2 Å². The van der Waals surface area contributed by atoms with Crippen LogP contribution in [0.3, 0.4) is 0 Å². The lowest BCUT2D eigenvalue weighted by atomic mass is 10.1.